The van der Waals surface area contributed by atoms with Crippen LogP contribution in [-0.4, -0.2) is 69.4 Å². The van der Waals surface area contributed by atoms with Gasteiger partial charge in [0.15, 0.2) is 0 Å². The topological polar surface area (TPSA) is 112 Å². The van der Waals surface area contributed by atoms with Crippen LogP contribution < -0.4 is 14.3 Å². The highest BCUT2D eigenvalue weighted by Crippen LogP contribution is 2.29. The molecule has 2 N–H and O–H groups in total. The van der Waals surface area contributed by atoms with E-state index in [1.54, 1.807) is 23.1 Å². The summed E-state index contributed by atoms with van der Waals surface area (Å²) in [5.41, 5.74) is 1.12. The minimum absolute atomic E-state index is 0.00750. The number of thiazole rings is 1. The van der Waals surface area contributed by atoms with E-state index in [1.807, 2.05) is 7.05 Å². The van der Waals surface area contributed by atoms with Gasteiger partial charge in [-0.25, -0.2) is 8.42 Å². The molecule has 2 heterocycles. The monoisotopic (exact) mass is 462 g/mol. The largest absolute Gasteiger partial charge is 0.495 e. The van der Waals surface area contributed by atoms with Crippen molar-refractivity contribution in [2.24, 2.45) is 0 Å². The van der Waals surface area contributed by atoms with Crippen molar-refractivity contribution in [2.75, 3.05) is 45.1 Å². The number of rotatable bonds is 5. The molecule has 1 fully saturated rings. The first-order valence-corrected chi connectivity index (χ1v) is 11.9. The highest BCUT2D eigenvalue weighted by atomic mass is 32.2. The number of sulfonamides is 1. The lowest BCUT2D eigenvalue weighted by molar-refractivity contribution is 0.0664. The van der Waals surface area contributed by atoms with E-state index in [9.17, 15) is 18.0 Å². The van der Waals surface area contributed by atoms with Crippen LogP contribution in [0.1, 0.15) is 10.4 Å². The molecule has 31 heavy (non-hydrogen) atoms. The van der Waals surface area contributed by atoms with Crippen LogP contribution in [0.15, 0.2) is 46.1 Å². The highest BCUT2D eigenvalue weighted by molar-refractivity contribution is 7.92. The molecule has 4 rings (SSSR count). The second-order valence-corrected chi connectivity index (χ2v) is 9.99. The zero-order chi connectivity index (χ0) is 22.2. The number of amides is 1. The average molecular weight is 463 g/mol. The van der Waals surface area contributed by atoms with Crippen LogP contribution in [0.5, 0.6) is 5.75 Å². The van der Waals surface area contributed by atoms with Gasteiger partial charge in [-0.15, -0.1) is 0 Å². The molecule has 164 valence electrons. The number of carbonyl (C=O) groups excluding carboxylic acids is 1. The number of nitrogens with one attached hydrogen (secondary N) is 2. The molecule has 0 unspecified atom stereocenters. The molecule has 1 saturated heterocycles. The number of aromatic nitrogens is 1. The fourth-order valence-corrected chi connectivity index (χ4v) is 5.35. The van der Waals surface area contributed by atoms with Gasteiger partial charge in [0.25, 0.3) is 15.9 Å². The summed E-state index contributed by atoms with van der Waals surface area (Å²) in [6, 6.07) is 9.09. The average Bonchev–Trinajstić information content (AvgIpc) is 3.12. The van der Waals surface area contributed by atoms with Crippen molar-refractivity contribution in [3.05, 3.63) is 51.6 Å². The lowest BCUT2D eigenvalue weighted by atomic mass is 10.1. The molecule has 0 saturated carbocycles. The summed E-state index contributed by atoms with van der Waals surface area (Å²) in [5, 5.41) is 0. The van der Waals surface area contributed by atoms with Gasteiger partial charge >= 0.3 is 4.87 Å². The van der Waals surface area contributed by atoms with E-state index in [4.69, 9.17) is 4.74 Å². The summed E-state index contributed by atoms with van der Waals surface area (Å²) < 4.78 is 34.3. The molecule has 11 heteroatoms. The van der Waals surface area contributed by atoms with E-state index in [0.717, 1.165) is 24.4 Å². The van der Waals surface area contributed by atoms with E-state index in [0.29, 0.717) is 34.6 Å². The number of nitrogens with zero attached hydrogens (tertiary/aromatic N) is 2. The number of aromatic amines is 1. The first-order chi connectivity index (χ1) is 14.8. The molecule has 1 aliphatic heterocycles. The molecule has 1 aromatic heterocycles. The Balaban J connectivity index is 1.63. The summed E-state index contributed by atoms with van der Waals surface area (Å²) in [7, 11) is -0.539. The number of fused-ring (bicyclic) bond motifs is 1. The number of anilines is 1. The predicted octanol–water partition coefficient (Wildman–Crippen LogP) is 1.79. The third-order valence-electron chi connectivity index (χ3n) is 5.18. The van der Waals surface area contributed by atoms with Crippen molar-refractivity contribution in [3.8, 4) is 5.75 Å². The molecular formula is C20H22N4O5S2. The number of carbonyl (C=O) groups is 1. The van der Waals surface area contributed by atoms with E-state index in [-0.39, 0.29) is 21.4 Å². The van der Waals surface area contributed by atoms with Gasteiger partial charge in [-0.1, -0.05) is 11.3 Å². The Morgan fingerprint density at radius 3 is 2.58 bits per heavy atom. The lowest BCUT2D eigenvalue weighted by Gasteiger charge is -2.32. The Kier molecular flexibility index (Phi) is 5.73. The molecule has 1 amide bonds. The van der Waals surface area contributed by atoms with Crippen molar-refractivity contribution in [1.82, 2.24) is 14.8 Å². The third-order valence-corrected chi connectivity index (χ3v) is 7.39. The van der Waals surface area contributed by atoms with Crippen molar-refractivity contribution in [3.63, 3.8) is 0 Å². The van der Waals surface area contributed by atoms with Crippen molar-refractivity contribution < 1.29 is 17.9 Å². The molecule has 0 aliphatic carbocycles. The first-order valence-electron chi connectivity index (χ1n) is 9.58. The van der Waals surface area contributed by atoms with Crippen LogP contribution in [0, 0.1) is 0 Å². The van der Waals surface area contributed by atoms with Gasteiger partial charge in [0.1, 0.15) is 5.75 Å². The number of ether oxygens (including phenoxy) is 1. The van der Waals surface area contributed by atoms with Gasteiger partial charge < -0.3 is 19.5 Å². The summed E-state index contributed by atoms with van der Waals surface area (Å²) in [6.45, 7) is 2.80. The van der Waals surface area contributed by atoms with Crippen LogP contribution >= 0.6 is 11.3 Å². The third kappa shape index (κ3) is 4.43. The summed E-state index contributed by atoms with van der Waals surface area (Å²) in [5.74, 6) is 0.139. The van der Waals surface area contributed by atoms with E-state index in [1.165, 1.54) is 25.3 Å². The number of H-pyrrole nitrogens is 1. The van der Waals surface area contributed by atoms with Crippen LogP contribution in [0.2, 0.25) is 0 Å². The maximum Gasteiger partial charge on any atom is 0.305 e. The van der Waals surface area contributed by atoms with Gasteiger partial charge in [0, 0.05) is 31.7 Å². The highest BCUT2D eigenvalue weighted by Gasteiger charge is 2.23. The number of benzene rings is 2. The minimum Gasteiger partial charge on any atom is -0.495 e. The number of hydrogen-bond donors (Lipinski definition) is 2. The number of methoxy groups -OCH3 is 1. The second-order valence-electron chi connectivity index (χ2n) is 7.29. The fraction of sp³-hybridized carbons (Fsp3) is 0.300. The van der Waals surface area contributed by atoms with Crippen LogP contribution in [0.25, 0.3) is 10.2 Å². The maximum atomic E-state index is 13.0. The molecule has 0 radical (unpaired) electrons. The standard InChI is InChI=1S/C20H22N4O5S2/c1-23-7-9-24(10-8-23)19(25)13-3-6-17(29-2)16(11-13)22-31(27,28)14-4-5-15-18(12-14)30-20(26)21-15/h3-6,11-12,22H,7-10H2,1-2H3,(H,21,26). The molecule has 0 bridgehead atoms. The molecule has 0 atom stereocenters. The van der Waals surface area contributed by atoms with Gasteiger partial charge in [-0.3, -0.25) is 14.3 Å². The van der Waals surface area contributed by atoms with Gasteiger partial charge in [0.2, 0.25) is 0 Å². The Morgan fingerprint density at radius 2 is 1.87 bits per heavy atom. The quantitative estimate of drug-likeness (QED) is 0.598. The van der Waals surface area contributed by atoms with Crippen molar-refractivity contribution >= 4 is 43.2 Å². The zero-order valence-corrected chi connectivity index (χ0v) is 18.7. The minimum atomic E-state index is -3.97. The molecule has 3 aromatic rings. The van der Waals surface area contributed by atoms with E-state index < -0.39 is 10.0 Å². The van der Waals surface area contributed by atoms with Crippen LogP contribution in [-0.2, 0) is 10.0 Å². The normalized spacial score (nSPS) is 15.2. The van der Waals surface area contributed by atoms with Crippen LogP contribution in [0.4, 0.5) is 5.69 Å². The summed E-state index contributed by atoms with van der Waals surface area (Å²) in [6.07, 6.45) is 0. The Bertz CT molecular complexity index is 1290. The summed E-state index contributed by atoms with van der Waals surface area (Å²) in [4.78, 5) is 30.7. The SMILES string of the molecule is COc1ccc(C(=O)N2CCN(C)CC2)cc1NS(=O)(=O)c1ccc2[nH]c(=O)sc2c1. The molecule has 1 aliphatic rings. The van der Waals surface area contributed by atoms with E-state index in [2.05, 4.69) is 14.6 Å². The van der Waals surface area contributed by atoms with E-state index >= 15 is 0 Å². The first kappa shape index (κ1) is 21.3. The van der Waals surface area contributed by atoms with Crippen molar-refractivity contribution in [2.45, 2.75) is 4.90 Å². The Morgan fingerprint density at radius 1 is 1.13 bits per heavy atom. The smallest absolute Gasteiger partial charge is 0.305 e. The Labute approximate surface area is 183 Å². The maximum absolute atomic E-state index is 13.0. The summed E-state index contributed by atoms with van der Waals surface area (Å²) >= 11 is 0.937. The second kappa shape index (κ2) is 8.33. The van der Waals surface area contributed by atoms with Gasteiger partial charge in [-0.2, -0.15) is 0 Å². The molecule has 9 nitrogen and oxygen atoms in total. The number of likely N-dealkylation sites (N-methyl/N-ethyl adjacent to an activating group) is 1. The fourth-order valence-electron chi connectivity index (χ4n) is 3.41. The van der Waals surface area contributed by atoms with Crippen molar-refractivity contribution in [1.29, 1.82) is 0 Å². The zero-order valence-electron chi connectivity index (χ0n) is 17.0. The predicted molar refractivity (Wildman–Crippen MR) is 120 cm³/mol. The molecule has 0 spiro atoms. The van der Waals surface area contributed by atoms with Crippen LogP contribution in [0.3, 0.4) is 0 Å². The lowest BCUT2D eigenvalue weighted by Crippen LogP contribution is -2.47. The molecular weight excluding hydrogens is 440 g/mol. The Hall–Kier alpha value is -2.89. The number of piperazine rings is 1. The number of hydrogen-bond acceptors (Lipinski definition) is 7. The van der Waals surface area contributed by atoms with Gasteiger partial charge in [-0.05, 0) is 43.4 Å². The van der Waals surface area contributed by atoms with Gasteiger partial charge in [0.05, 0.1) is 27.9 Å². The molecule has 2 aromatic carbocycles.